The highest BCUT2D eigenvalue weighted by Crippen LogP contribution is 2.36. The fourth-order valence-electron chi connectivity index (χ4n) is 3.66. The maximum Gasteiger partial charge on any atom is 0.0849 e. The lowest BCUT2D eigenvalue weighted by molar-refractivity contribution is 0.831. The molecule has 0 radical (unpaired) electrons. The molecule has 1 aromatic heterocycles. The molecule has 0 saturated heterocycles. The van der Waals surface area contributed by atoms with Gasteiger partial charge in [-0.1, -0.05) is 69.7 Å². The van der Waals surface area contributed by atoms with Gasteiger partial charge in [0, 0.05) is 0 Å². The predicted octanol–water partition coefficient (Wildman–Crippen LogP) is 7.92. The van der Waals surface area contributed by atoms with Gasteiger partial charge in [0.2, 0.25) is 0 Å². The molecule has 2 aromatic carbocycles. The first-order valence-electron chi connectivity index (χ1n) is 11.0. The van der Waals surface area contributed by atoms with Gasteiger partial charge in [-0.3, -0.25) is 9.98 Å². The highest BCUT2D eigenvalue weighted by molar-refractivity contribution is 6.02. The molecule has 0 spiro atoms. The normalized spacial score (nSPS) is 12.7. The minimum absolute atomic E-state index is 0.406. The van der Waals surface area contributed by atoms with Gasteiger partial charge >= 0.3 is 0 Å². The van der Waals surface area contributed by atoms with Crippen LogP contribution in [0.3, 0.4) is 0 Å². The minimum Gasteiger partial charge on any atom is -0.252 e. The van der Waals surface area contributed by atoms with Crippen molar-refractivity contribution >= 4 is 22.8 Å². The lowest BCUT2D eigenvalue weighted by atomic mass is 9.90. The summed E-state index contributed by atoms with van der Waals surface area (Å²) in [6.07, 6.45) is 0. The van der Waals surface area contributed by atoms with Crippen LogP contribution in [-0.4, -0.2) is 16.4 Å². The Bertz CT molecular complexity index is 1080. The van der Waals surface area contributed by atoms with Crippen molar-refractivity contribution in [2.75, 3.05) is 0 Å². The summed E-state index contributed by atoms with van der Waals surface area (Å²) >= 11 is 0. The van der Waals surface area contributed by atoms with Crippen LogP contribution in [-0.2, 0) is 0 Å². The van der Waals surface area contributed by atoms with E-state index in [1.807, 2.05) is 62.4 Å². The number of benzene rings is 2. The third kappa shape index (κ3) is 5.55. The molecule has 31 heavy (non-hydrogen) atoms. The van der Waals surface area contributed by atoms with E-state index in [1.165, 1.54) is 16.7 Å². The second kappa shape index (κ2) is 9.82. The molecule has 0 amide bonds. The van der Waals surface area contributed by atoms with Crippen LogP contribution in [0.5, 0.6) is 0 Å². The Labute approximate surface area is 187 Å². The van der Waals surface area contributed by atoms with Crippen molar-refractivity contribution < 1.29 is 0 Å². The smallest absolute Gasteiger partial charge is 0.0849 e. The molecule has 3 heteroatoms. The van der Waals surface area contributed by atoms with E-state index in [4.69, 9.17) is 15.0 Å². The quantitative estimate of drug-likeness (QED) is 0.380. The molecule has 0 atom stereocenters. The van der Waals surface area contributed by atoms with Gasteiger partial charge in [0.05, 0.1) is 34.2 Å². The van der Waals surface area contributed by atoms with Gasteiger partial charge in [-0.15, -0.1) is 0 Å². The summed E-state index contributed by atoms with van der Waals surface area (Å²) in [6.45, 7) is 15.1. The first-order chi connectivity index (χ1) is 14.8. The number of para-hydroxylation sites is 1. The zero-order valence-electron chi connectivity index (χ0n) is 19.8. The van der Waals surface area contributed by atoms with Gasteiger partial charge in [-0.25, -0.2) is 4.98 Å². The molecule has 0 unspecified atom stereocenters. The number of aromatic nitrogens is 1. The summed E-state index contributed by atoms with van der Waals surface area (Å²) < 4.78 is 0. The van der Waals surface area contributed by atoms with E-state index in [2.05, 4.69) is 46.8 Å². The van der Waals surface area contributed by atoms with E-state index in [0.29, 0.717) is 11.8 Å². The van der Waals surface area contributed by atoms with Crippen molar-refractivity contribution in [3.8, 4) is 0 Å². The van der Waals surface area contributed by atoms with E-state index in [0.717, 1.165) is 34.2 Å². The number of aryl methyl sites for hydroxylation is 1. The molecule has 0 saturated carbocycles. The molecule has 0 bridgehead atoms. The number of aliphatic imine (C=N–C) groups is 2. The van der Waals surface area contributed by atoms with Crippen LogP contribution in [0.25, 0.3) is 0 Å². The fraction of sp³-hybridized carbons (Fsp3) is 0.321. The fourth-order valence-corrected chi connectivity index (χ4v) is 3.66. The van der Waals surface area contributed by atoms with Gasteiger partial charge < -0.3 is 0 Å². The molecular weight excluding hydrogens is 378 g/mol. The van der Waals surface area contributed by atoms with E-state index in [1.54, 1.807) is 0 Å². The van der Waals surface area contributed by atoms with Crippen molar-refractivity contribution in [3.05, 3.63) is 88.7 Å². The SMILES string of the molecule is CC(=Nc1ccccc1)c1cccc(C(C)=Nc2c(C(C)C)cc(C)cc2C(C)C)n1. The molecule has 0 aliphatic heterocycles. The Morgan fingerprint density at radius 2 is 1.23 bits per heavy atom. The maximum atomic E-state index is 5.11. The maximum absolute atomic E-state index is 5.11. The Kier molecular flexibility index (Phi) is 7.17. The van der Waals surface area contributed by atoms with E-state index < -0.39 is 0 Å². The van der Waals surface area contributed by atoms with Crippen molar-refractivity contribution in [1.82, 2.24) is 4.98 Å². The average Bonchev–Trinajstić information content (AvgIpc) is 2.75. The van der Waals surface area contributed by atoms with Crippen LogP contribution in [0.1, 0.15) is 81.5 Å². The molecule has 0 aliphatic rings. The summed E-state index contributed by atoms with van der Waals surface area (Å²) in [5.74, 6) is 0.812. The number of pyridine rings is 1. The summed E-state index contributed by atoms with van der Waals surface area (Å²) in [5, 5.41) is 0. The molecule has 0 fully saturated rings. The molecule has 3 aromatic rings. The van der Waals surface area contributed by atoms with E-state index in [-0.39, 0.29) is 0 Å². The predicted molar refractivity (Wildman–Crippen MR) is 134 cm³/mol. The van der Waals surface area contributed by atoms with Crippen LogP contribution in [0.4, 0.5) is 11.4 Å². The van der Waals surface area contributed by atoms with Gasteiger partial charge in [-0.05, 0) is 68.0 Å². The monoisotopic (exact) mass is 411 g/mol. The highest BCUT2D eigenvalue weighted by atomic mass is 14.8. The Morgan fingerprint density at radius 3 is 1.74 bits per heavy atom. The second-order valence-electron chi connectivity index (χ2n) is 8.74. The van der Waals surface area contributed by atoms with Crippen molar-refractivity contribution in [3.63, 3.8) is 0 Å². The number of rotatable bonds is 6. The zero-order valence-corrected chi connectivity index (χ0v) is 19.8. The molecular formula is C28H33N3. The van der Waals surface area contributed by atoms with Gasteiger partial charge in [0.1, 0.15) is 0 Å². The van der Waals surface area contributed by atoms with Crippen LogP contribution >= 0.6 is 0 Å². The average molecular weight is 412 g/mol. The summed E-state index contributed by atoms with van der Waals surface area (Å²) in [6, 6.07) is 20.6. The molecule has 3 rings (SSSR count). The first kappa shape index (κ1) is 22.6. The second-order valence-corrected chi connectivity index (χ2v) is 8.74. The Morgan fingerprint density at radius 1 is 0.710 bits per heavy atom. The number of nitrogens with zero attached hydrogens (tertiary/aromatic N) is 3. The molecule has 0 aliphatic carbocycles. The largest absolute Gasteiger partial charge is 0.252 e. The lowest BCUT2D eigenvalue weighted by Gasteiger charge is -2.18. The molecule has 0 N–H and O–H groups in total. The minimum atomic E-state index is 0.406. The summed E-state index contributed by atoms with van der Waals surface area (Å²) in [5.41, 5.74) is 9.45. The summed E-state index contributed by atoms with van der Waals surface area (Å²) in [4.78, 5) is 14.7. The van der Waals surface area contributed by atoms with Gasteiger partial charge in [0.25, 0.3) is 0 Å². The first-order valence-corrected chi connectivity index (χ1v) is 11.0. The Hall–Kier alpha value is -3.07. The lowest BCUT2D eigenvalue weighted by Crippen LogP contribution is -2.06. The third-order valence-electron chi connectivity index (χ3n) is 5.38. The summed E-state index contributed by atoms with van der Waals surface area (Å²) in [7, 11) is 0. The van der Waals surface area contributed by atoms with Crippen molar-refractivity contribution in [2.24, 2.45) is 9.98 Å². The molecule has 160 valence electrons. The highest BCUT2D eigenvalue weighted by Gasteiger charge is 2.15. The topological polar surface area (TPSA) is 37.6 Å². The third-order valence-corrected chi connectivity index (χ3v) is 5.38. The van der Waals surface area contributed by atoms with Crippen LogP contribution < -0.4 is 0 Å². The number of hydrogen-bond acceptors (Lipinski definition) is 3. The van der Waals surface area contributed by atoms with E-state index in [9.17, 15) is 0 Å². The van der Waals surface area contributed by atoms with Gasteiger partial charge in [-0.2, -0.15) is 0 Å². The van der Waals surface area contributed by atoms with Crippen LogP contribution in [0.15, 0.2) is 70.6 Å². The molecule has 3 nitrogen and oxygen atoms in total. The van der Waals surface area contributed by atoms with Crippen molar-refractivity contribution in [1.29, 1.82) is 0 Å². The van der Waals surface area contributed by atoms with Gasteiger partial charge in [0.15, 0.2) is 0 Å². The van der Waals surface area contributed by atoms with Crippen molar-refractivity contribution in [2.45, 2.75) is 60.3 Å². The zero-order chi connectivity index (χ0) is 22.5. The van der Waals surface area contributed by atoms with E-state index >= 15 is 0 Å². The molecule has 1 heterocycles. The Balaban J connectivity index is 2.04. The number of hydrogen-bond donors (Lipinski definition) is 0. The van der Waals surface area contributed by atoms with Crippen LogP contribution in [0.2, 0.25) is 0 Å². The standard InChI is InChI=1S/C28H33N3/c1-18(2)24-16-20(5)17-25(19(3)4)28(24)30-22(7)27-15-11-14-26(31-27)21(6)29-23-12-9-8-10-13-23/h8-19H,1-7H3. The van der Waals surface area contributed by atoms with Crippen LogP contribution in [0, 0.1) is 6.92 Å².